The number of rotatable bonds is 5. The molecular formula is C22H23ClN2O4S. The molecule has 3 aromatic rings. The summed E-state index contributed by atoms with van der Waals surface area (Å²) in [6.45, 7) is 4.71. The third kappa shape index (κ3) is 3.83. The SMILES string of the molecule is Cc1oc(-c2cc3c(cc2Cl)OCO3)nc1CN1CCC([C@@H](O)c2cccs2)CC1. The van der Waals surface area contributed by atoms with Gasteiger partial charge in [0.2, 0.25) is 12.7 Å². The van der Waals surface area contributed by atoms with Gasteiger partial charge in [0.1, 0.15) is 5.76 Å². The highest BCUT2D eigenvalue weighted by Crippen LogP contribution is 2.41. The number of ether oxygens (including phenoxy) is 2. The van der Waals surface area contributed by atoms with E-state index in [9.17, 15) is 5.11 Å². The number of aryl methyl sites for hydroxylation is 1. The first-order chi connectivity index (χ1) is 14.6. The van der Waals surface area contributed by atoms with Gasteiger partial charge in [0, 0.05) is 17.5 Å². The Hall–Kier alpha value is -2.06. The highest BCUT2D eigenvalue weighted by atomic mass is 35.5. The normalized spacial score (nSPS) is 18.1. The van der Waals surface area contributed by atoms with Crippen LogP contribution in [0, 0.1) is 12.8 Å². The van der Waals surface area contributed by atoms with Crippen LogP contribution in [0.15, 0.2) is 34.1 Å². The van der Waals surface area contributed by atoms with Gasteiger partial charge in [-0.3, -0.25) is 4.90 Å². The van der Waals surface area contributed by atoms with E-state index in [0.717, 1.165) is 48.8 Å². The van der Waals surface area contributed by atoms with Gasteiger partial charge in [-0.25, -0.2) is 4.98 Å². The van der Waals surface area contributed by atoms with Gasteiger partial charge in [-0.1, -0.05) is 17.7 Å². The number of aromatic nitrogens is 1. The van der Waals surface area contributed by atoms with Gasteiger partial charge >= 0.3 is 0 Å². The number of hydrogen-bond acceptors (Lipinski definition) is 7. The minimum Gasteiger partial charge on any atom is -0.454 e. The van der Waals surface area contributed by atoms with Gasteiger partial charge in [0.15, 0.2) is 11.5 Å². The molecule has 2 aliphatic rings. The van der Waals surface area contributed by atoms with E-state index in [-0.39, 0.29) is 12.9 Å². The van der Waals surface area contributed by atoms with Crippen LogP contribution in [-0.2, 0) is 6.54 Å². The predicted molar refractivity (Wildman–Crippen MR) is 115 cm³/mol. The lowest BCUT2D eigenvalue weighted by Gasteiger charge is -2.33. The van der Waals surface area contributed by atoms with Crippen molar-refractivity contribution in [1.82, 2.24) is 9.88 Å². The number of likely N-dealkylation sites (tertiary alicyclic amines) is 1. The van der Waals surface area contributed by atoms with Crippen LogP contribution >= 0.6 is 22.9 Å². The maximum absolute atomic E-state index is 10.6. The van der Waals surface area contributed by atoms with Crippen molar-refractivity contribution in [3.63, 3.8) is 0 Å². The largest absolute Gasteiger partial charge is 0.454 e. The second kappa shape index (κ2) is 8.23. The zero-order valence-corrected chi connectivity index (χ0v) is 18.2. The minimum atomic E-state index is -0.360. The van der Waals surface area contributed by atoms with Crippen LogP contribution in [-0.4, -0.2) is 34.9 Å². The third-order valence-corrected chi connectivity index (χ3v) is 7.13. The number of piperidine rings is 1. The number of halogens is 1. The molecule has 0 bridgehead atoms. The van der Waals surface area contributed by atoms with Crippen LogP contribution in [0.2, 0.25) is 5.02 Å². The molecule has 158 valence electrons. The van der Waals surface area contributed by atoms with E-state index in [1.807, 2.05) is 30.5 Å². The quantitative estimate of drug-likeness (QED) is 0.592. The molecule has 1 atom stereocenters. The summed E-state index contributed by atoms with van der Waals surface area (Å²) in [5, 5.41) is 13.2. The summed E-state index contributed by atoms with van der Waals surface area (Å²) in [4.78, 5) is 8.15. The van der Waals surface area contributed by atoms with Gasteiger partial charge < -0.3 is 19.0 Å². The Balaban J connectivity index is 1.26. The molecule has 0 amide bonds. The Morgan fingerprint density at radius 2 is 2.03 bits per heavy atom. The number of oxazole rings is 1. The summed E-state index contributed by atoms with van der Waals surface area (Å²) in [6, 6.07) is 7.57. The summed E-state index contributed by atoms with van der Waals surface area (Å²) in [5.74, 6) is 2.88. The lowest BCUT2D eigenvalue weighted by atomic mass is 9.90. The second-order valence-electron chi connectivity index (χ2n) is 7.78. The Morgan fingerprint density at radius 1 is 1.27 bits per heavy atom. The van der Waals surface area contributed by atoms with Crippen molar-refractivity contribution in [1.29, 1.82) is 0 Å². The van der Waals surface area contributed by atoms with Crippen molar-refractivity contribution >= 4 is 22.9 Å². The van der Waals surface area contributed by atoms with Crippen LogP contribution < -0.4 is 9.47 Å². The fraction of sp³-hybridized carbons (Fsp3) is 0.409. The molecule has 8 heteroatoms. The number of benzene rings is 1. The topological polar surface area (TPSA) is 68.0 Å². The molecule has 5 rings (SSSR count). The molecule has 1 aromatic carbocycles. The molecule has 1 N–H and O–H groups in total. The lowest BCUT2D eigenvalue weighted by Crippen LogP contribution is -2.35. The molecule has 1 saturated heterocycles. The van der Waals surface area contributed by atoms with Crippen molar-refractivity contribution in [3.05, 3.63) is 51.0 Å². The van der Waals surface area contributed by atoms with E-state index in [0.29, 0.717) is 33.9 Å². The molecule has 2 aromatic heterocycles. The number of aliphatic hydroxyl groups excluding tert-OH is 1. The highest BCUT2D eigenvalue weighted by Gasteiger charge is 2.28. The maximum atomic E-state index is 10.6. The van der Waals surface area contributed by atoms with E-state index in [1.54, 1.807) is 17.4 Å². The van der Waals surface area contributed by atoms with Gasteiger partial charge in [-0.05, 0) is 56.3 Å². The van der Waals surface area contributed by atoms with E-state index >= 15 is 0 Å². The second-order valence-corrected chi connectivity index (χ2v) is 9.17. The Bertz CT molecular complexity index is 1030. The first-order valence-electron chi connectivity index (χ1n) is 10.1. The number of aliphatic hydroxyl groups is 1. The van der Waals surface area contributed by atoms with Crippen LogP contribution in [0.1, 0.15) is 35.3 Å². The monoisotopic (exact) mass is 446 g/mol. The Kier molecular flexibility index (Phi) is 5.45. The van der Waals surface area contributed by atoms with Crippen LogP contribution in [0.4, 0.5) is 0 Å². The van der Waals surface area contributed by atoms with E-state index < -0.39 is 0 Å². The van der Waals surface area contributed by atoms with Gasteiger partial charge in [0.25, 0.3) is 0 Å². The molecule has 0 radical (unpaired) electrons. The molecular weight excluding hydrogens is 424 g/mol. The van der Waals surface area contributed by atoms with Crippen molar-refractivity contribution in [2.24, 2.45) is 5.92 Å². The molecule has 0 aliphatic carbocycles. The van der Waals surface area contributed by atoms with E-state index in [1.165, 1.54) is 0 Å². The maximum Gasteiger partial charge on any atom is 0.231 e. The summed E-state index contributed by atoms with van der Waals surface area (Å²) in [5.41, 5.74) is 1.61. The third-order valence-electron chi connectivity index (χ3n) is 5.87. The molecule has 0 saturated carbocycles. The van der Waals surface area contributed by atoms with Crippen LogP contribution in [0.25, 0.3) is 11.5 Å². The fourth-order valence-corrected chi connectivity index (χ4v) is 5.14. The Labute approximate surface area is 184 Å². The van der Waals surface area contributed by atoms with Crippen molar-refractivity contribution in [3.8, 4) is 23.0 Å². The average molecular weight is 447 g/mol. The highest BCUT2D eigenvalue weighted by molar-refractivity contribution is 7.10. The fourth-order valence-electron chi connectivity index (χ4n) is 4.10. The molecule has 2 aliphatic heterocycles. The van der Waals surface area contributed by atoms with Crippen molar-refractivity contribution < 1.29 is 19.0 Å². The number of thiophene rings is 1. The summed E-state index contributed by atoms with van der Waals surface area (Å²) in [6.07, 6.45) is 1.58. The summed E-state index contributed by atoms with van der Waals surface area (Å²) in [7, 11) is 0. The smallest absolute Gasteiger partial charge is 0.231 e. The Morgan fingerprint density at radius 3 is 2.77 bits per heavy atom. The first kappa shape index (κ1) is 19.9. The minimum absolute atomic E-state index is 0.197. The molecule has 4 heterocycles. The van der Waals surface area contributed by atoms with Crippen LogP contribution in [0.5, 0.6) is 11.5 Å². The average Bonchev–Trinajstić information content (AvgIpc) is 3.49. The van der Waals surface area contributed by atoms with Gasteiger partial charge in [-0.15, -0.1) is 11.3 Å². The van der Waals surface area contributed by atoms with E-state index in [2.05, 4.69) is 4.90 Å². The van der Waals surface area contributed by atoms with E-state index in [4.69, 9.17) is 30.5 Å². The molecule has 0 spiro atoms. The zero-order chi connectivity index (χ0) is 20.7. The predicted octanol–water partition coefficient (Wildman–Crippen LogP) is 5.04. The molecule has 0 unspecified atom stereocenters. The first-order valence-corrected chi connectivity index (χ1v) is 11.3. The lowest BCUT2D eigenvalue weighted by molar-refractivity contribution is 0.0586. The summed E-state index contributed by atoms with van der Waals surface area (Å²) < 4.78 is 16.8. The van der Waals surface area contributed by atoms with Crippen molar-refractivity contribution in [2.75, 3.05) is 19.9 Å². The molecule has 1 fully saturated rings. The van der Waals surface area contributed by atoms with Gasteiger partial charge in [-0.2, -0.15) is 0 Å². The van der Waals surface area contributed by atoms with Crippen molar-refractivity contribution in [2.45, 2.75) is 32.4 Å². The number of nitrogens with zero attached hydrogens (tertiary/aromatic N) is 2. The van der Waals surface area contributed by atoms with Gasteiger partial charge in [0.05, 0.1) is 22.4 Å². The standard InChI is InChI=1S/C22H23ClN2O4S/c1-13-17(11-25-6-4-14(5-7-25)21(26)20-3-2-8-30-20)24-22(29-13)15-9-18-19(10-16(15)23)28-12-27-18/h2-3,8-10,14,21,26H,4-7,11-12H2,1H3/t21-/m1/s1. The summed E-state index contributed by atoms with van der Waals surface area (Å²) >= 11 is 8.04. The zero-order valence-electron chi connectivity index (χ0n) is 16.6. The number of fused-ring (bicyclic) bond motifs is 1. The molecule has 6 nitrogen and oxygen atoms in total. The van der Waals surface area contributed by atoms with Crippen LogP contribution in [0.3, 0.4) is 0 Å². The number of hydrogen-bond donors (Lipinski definition) is 1. The molecule has 30 heavy (non-hydrogen) atoms.